The smallest absolute Gasteiger partial charge is 0.259 e. The van der Waals surface area contributed by atoms with E-state index in [4.69, 9.17) is 14.7 Å². The van der Waals surface area contributed by atoms with Gasteiger partial charge in [0.2, 0.25) is 6.79 Å². The summed E-state index contributed by atoms with van der Waals surface area (Å²) in [6.07, 6.45) is 0.317. The molecule has 0 atom stereocenters. The molecule has 0 aromatic heterocycles. The second-order valence-electron chi connectivity index (χ2n) is 4.71. The van der Waals surface area contributed by atoms with E-state index in [1.54, 1.807) is 24.3 Å². The number of phenols is 1. The number of carbonyl (C=O) groups excluding carboxylic acids is 1. The van der Waals surface area contributed by atoms with Crippen LogP contribution >= 0.6 is 0 Å². The van der Waals surface area contributed by atoms with Crippen molar-refractivity contribution in [3.63, 3.8) is 0 Å². The van der Waals surface area contributed by atoms with Gasteiger partial charge in [-0.25, -0.2) is 0 Å². The first-order chi connectivity index (χ1) is 10.7. The molecule has 6 nitrogen and oxygen atoms in total. The van der Waals surface area contributed by atoms with E-state index in [1.807, 2.05) is 0 Å². The maximum Gasteiger partial charge on any atom is 0.259 e. The maximum absolute atomic E-state index is 12.2. The molecule has 0 unspecified atom stereocenters. The number of fused-ring (bicyclic) bond motifs is 1. The molecule has 1 heterocycles. The lowest BCUT2D eigenvalue weighted by molar-refractivity contribution is 0.102. The van der Waals surface area contributed by atoms with Crippen molar-refractivity contribution >= 4 is 11.6 Å². The molecule has 0 fully saturated rings. The van der Waals surface area contributed by atoms with Gasteiger partial charge in [-0.15, -0.1) is 0 Å². The number of hydrogen-bond donors (Lipinski definition) is 2. The third-order valence-electron chi connectivity index (χ3n) is 3.23. The first-order valence-electron chi connectivity index (χ1n) is 6.57. The summed E-state index contributed by atoms with van der Waals surface area (Å²) in [4.78, 5) is 12.2. The van der Waals surface area contributed by atoms with Crippen LogP contribution in [0.4, 0.5) is 5.69 Å². The standard InChI is InChI=1S/C16H12N2O4/c17-6-5-10-1-3-11(4-2-10)18-16(20)12-7-14-15(8-13(12)19)22-9-21-14/h1-4,7-8,19H,5,9H2,(H,18,20). The minimum atomic E-state index is -0.455. The first-order valence-corrected chi connectivity index (χ1v) is 6.57. The molecule has 2 aromatic rings. The van der Waals surface area contributed by atoms with Crippen LogP contribution in [0, 0.1) is 11.3 Å². The van der Waals surface area contributed by atoms with Crippen molar-refractivity contribution in [2.24, 2.45) is 0 Å². The predicted molar refractivity (Wildman–Crippen MR) is 77.9 cm³/mol. The van der Waals surface area contributed by atoms with E-state index in [2.05, 4.69) is 11.4 Å². The van der Waals surface area contributed by atoms with Crippen LogP contribution in [0.5, 0.6) is 17.2 Å². The van der Waals surface area contributed by atoms with E-state index < -0.39 is 5.91 Å². The Bertz CT molecular complexity index is 763. The summed E-state index contributed by atoms with van der Waals surface area (Å²) in [6, 6.07) is 11.8. The van der Waals surface area contributed by atoms with Gasteiger partial charge in [0.05, 0.1) is 18.1 Å². The fraction of sp³-hybridized carbons (Fsp3) is 0.125. The largest absolute Gasteiger partial charge is 0.507 e. The molecule has 22 heavy (non-hydrogen) atoms. The molecule has 1 aliphatic heterocycles. The highest BCUT2D eigenvalue weighted by atomic mass is 16.7. The Labute approximate surface area is 126 Å². The van der Waals surface area contributed by atoms with Crippen LogP contribution in [0.25, 0.3) is 0 Å². The van der Waals surface area contributed by atoms with Crippen LogP contribution in [0.3, 0.4) is 0 Å². The van der Waals surface area contributed by atoms with Crippen LogP contribution < -0.4 is 14.8 Å². The molecule has 110 valence electrons. The molecule has 0 aliphatic carbocycles. The van der Waals surface area contributed by atoms with Gasteiger partial charge in [-0.1, -0.05) is 12.1 Å². The number of carbonyl (C=O) groups is 1. The molecule has 0 saturated carbocycles. The molecule has 2 N–H and O–H groups in total. The van der Waals surface area contributed by atoms with E-state index in [1.165, 1.54) is 12.1 Å². The lowest BCUT2D eigenvalue weighted by atomic mass is 10.1. The van der Waals surface area contributed by atoms with Crippen LogP contribution in [0.2, 0.25) is 0 Å². The van der Waals surface area contributed by atoms with E-state index >= 15 is 0 Å². The summed E-state index contributed by atoms with van der Waals surface area (Å²) in [5.74, 6) is 0.203. The minimum Gasteiger partial charge on any atom is -0.507 e. The van der Waals surface area contributed by atoms with Crippen molar-refractivity contribution < 1.29 is 19.4 Å². The third kappa shape index (κ3) is 2.65. The summed E-state index contributed by atoms with van der Waals surface area (Å²) in [5.41, 5.74) is 1.54. The quantitative estimate of drug-likeness (QED) is 0.907. The average Bonchev–Trinajstić information content (AvgIpc) is 2.95. The Hall–Kier alpha value is -3.20. The van der Waals surface area contributed by atoms with Crippen molar-refractivity contribution in [2.45, 2.75) is 6.42 Å². The zero-order valence-corrected chi connectivity index (χ0v) is 11.5. The highest BCUT2D eigenvalue weighted by Gasteiger charge is 2.20. The third-order valence-corrected chi connectivity index (χ3v) is 3.23. The lowest BCUT2D eigenvalue weighted by Crippen LogP contribution is -2.12. The van der Waals surface area contributed by atoms with Crippen molar-refractivity contribution in [2.75, 3.05) is 12.1 Å². The van der Waals surface area contributed by atoms with Gasteiger partial charge in [0.25, 0.3) is 5.91 Å². The fourth-order valence-electron chi connectivity index (χ4n) is 2.11. The number of nitriles is 1. The topological polar surface area (TPSA) is 91.6 Å². The normalized spacial score (nSPS) is 11.8. The molecule has 1 aliphatic rings. The van der Waals surface area contributed by atoms with Gasteiger partial charge in [0, 0.05) is 17.8 Å². The first kappa shape index (κ1) is 13.8. The number of anilines is 1. The van der Waals surface area contributed by atoms with Crippen LogP contribution in [0.1, 0.15) is 15.9 Å². The van der Waals surface area contributed by atoms with E-state index in [0.29, 0.717) is 23.6 Å². The SMILES string of the molecule is N#CCc1ccc(NC(=O)c2cc3c(cc2O)OCO3)cc1. The Morgan fingerprint density at radius 3 is 2.59 bits per heavy atom. The lowest BCUT2D eigenvalue weighted by Gasteiger charge is -2.08. The molecule has 3 rings (SSSR count). The van der Waals surface area contributed by atoms with Crippen LogP contribution in [-0.4, -0.2) is 17.8 Å². The van der Waals surface area contributed by atoms with Crippen LogP contribution in [-0.2, 0) is 6.42 Å². The van der Waals surface area contributed by atoms with Gasteiger partial charge in [-0.05, 0) is 17.7 Å². The zero-order chi connectivity index (χ0) is 15.5. The van der Waals surface area contributed by atoms with Crippen molar-refractivity contribution in [3.8, 4) is 23.3 Å². The molecular weight excluding hydrogens is 284 g/mol. The molecule has 0 bridgehead atoms. The average molecular weight is 296 g/mol. The number of nitrogens with one attached hydrogen (secondary N) is 1. The predicted octanol–water partition coefficient (Wildman–Crippen LogP) is 2.44. The molecule has 1 amide bonds. The summed E-state index contributed by atoms with van der Waals surface area (Å²) >= 11 is 0. The van der Waals surface area contributed by atoms with E-state index in [9.17, 15) is 9.90 Å². The Kier molecular flexibility index (Phi) is 3.54. The summed E-state index contributed by atoms with van der Waals surface area (Å²) in [6.45, 7) is 0.0696. The molecule has 0 spiro atoms. The summed E-state index contributed by atoms with van der Waals surface area (Å²) < 4.78 is 10.3. The summed E-state index contributed by atoms with van der Waals surface area (Å²) in [5, 5.41) is 21.2. The number of ether oxygens (including phenoxy) is 2. The van der Waals surface area contributed by atoms with E-state index in [0.717, 1.165) is 5.56 Å². The highest BCUT2D eigenvalue weighted by Crippen LogP contribution is 2.37. The van der Waals surface area contributed by atoms with Gasteiger partial charge in [0.15, 0.2) is 11.5 Å². The Balaban J connectivity index is 1.78. The maximum atomic E-state index is 12.2. The van der Waals surface area contributed by atoms with Crippen LogP contribution in [0.15, 0.2) is 36.4 Å². The number of amides is 1. The Morgan fingerprint density at radius 1 is 1.23 bits per heavy atom. The fourth-order valence-corrected chi connectivity index (χ4v) is 2.11. The van der Waals surface area contributed by atoms with Crippen molar-refractivity contribution in [3.05, 3.63) is 47.5 Å². The number of phenolic OH excluding ortho intramolecular Hbond substituents is 1. The van der Waals surface area contributed by atoms with Gasteiger partial charge in [-0.3, -0.25) is 4.79 Å². The molecular formula is C16H12N2O4. The van der Waals surface area contributed by atoms with E-state index in [-0.39, 0.29) is 18.1 Å². The monoisotopic (exact) mass is 296 g/mol. The summed E-state index contributed by atoms with van der Waals surface area (Å²) in [7, 11) is 0. The second kappa shape index (κ2) is 5.66. The number of hydrogen-bond acceptors (Lipinski definition) is 5. The van der Waals surface area contributed by atoms with Gasteiger partial charge < -0.3 is 19.9 Å². The molecule has 0 saturated heterocycles. The number of aromatic hydroxyl groups is 1. The number of benzene rings is 2. The molecule has 2 aromatic carbocycles. The van der Waals surface area contributed by atoms with Gasteiger partial charge >= 0.3 is 0 Å². The van der Waals surface area contributed by atoms with Gasteiger partial charge in [-0.2, -0.15) is 5.26 Å². The zero-order valence-electron chi connectivity index (χ0n) is 11.5. The van der Waals surface area contributed by atoms with Gasteiger partial charge in [0.1, 0.15) is 5.75 Å². The highest BCUT2D eigenvalue weighted by molar-refractivity contribution is 6.06. The van der Waals surface area contributed by atoms with Crippen molar-refractivity contribution in [1.82, 2.24) is 0 Å². The van der Waals surface area contributed by atoms with Crippen molar-refractivity contribution in [1.29, 1.82) is 5.26 Å². The molecule has 6 heteroatoms. The number of nitrogens with zero attached hydrogens (tertiary/aromatic N) is 1. The minimum absolute atomic E-state index is 0.0696. The Morgan fingerprint density at radius 2 is 1.91 bits per heavy atom. The number of rotatable bonds is 3. The second-order valence-corrected chi connectivity index (χ2v) is 4.71. The molecule has 0 radical (unpaired) electrons.